The van der Waals surface area contributed by atoms with Crippen LogP contribution in [0.25, 0.3) is 0 Å². The normalized spacial score (nSPS) is 25.9. The van der Waals surface area contributed by atoms with Crippen LogP contribution in [0.5, 0.6) is 0 Å². The van der Waals surface area contributed by atoms with Gasteiger partial charge in [-0.2, -0.15) is 10.2 Å². The predicted molar refractivity (Wildman–Crippen MR) is 70.1 cm³/mol. The zero-order valence-corrected chi connectivity index (χ0v) is 11.0. The molecule has 2 aliphatic rings. The molecule has 0 N–H and O–H groups in total. The van der Waals surface area contributed by atoms with Crippen LogP contribution in [0.4, 0.5) is 5.69 Å². The number of amides is 2. The van der Waals surface area contributed by atoms with E-state index >= 15 is 0 Å². The molecule has 2 aliphatic heterocycles. The van der Waals surface area contributed by atoms with Gasteiger partial charge in [-0.25, -0.2) is 4.90 Å². The fraction of sp³-hybridized carbons (Fsp3) is 0.429. The molecule has 0 unspecified atom stereocenters. The van der Waals surface area contributed by atoms with Crippen molar-refractivity contribution < 1.29 is 9.59 Å². The molecule has 5 nitrogen and oxygen atoms in total. The third-order valence-electron chi connectivity index (χ3n) is 3.65. The molecule has 1 saturated heterocycles. The van der Waals surface area contributed by atoms with Crippen molar-refractivity contribution in [3.05, 3.63) is 29.3 Å². The van der Waals surface area contributed by atoms with Gasteiger partial charge in [-0.1, -0.05) is 6.07 Å². The molecular formula is C14H15N3O2. The molecule has 19 heavy (non-hydrogen) atoms. The number of anilines is 1. The van der Waals surface area contributed by atoms with Crippen molar-refractivity contribution in [2.24, 2.45) is 10.2 Å². The number of carbonyl (C=O) groups is 2. The quantitative estimate of drug-likeness (QED) is 0.724. The summed E-state index contributed by atoms with van der Waals surface area (Å²) in [4.78, 5) is 26.0. The molecule has 2 heterocycles. The first-order valence-corrected chi connectivity index (χ1v) is 6.36. The van der Waals surface area contributed by atoms with Gasteiger partial charge in [0.2, 0.25) is 5.91 Å². The molecule has 2 amide bonds. The van der Waals surface area contributed by atoms with Crippen LogP contribution in [0, 0.1) is 13.8 Å². The van der Waals surface area contributed by atoms with Crippen LogP contribution in [-0.4, -0.2) is 23.9 Å². The van der Waals surface area contributed by atoms with E-state index in [4.69, 9.17) is 0 Å². The van der Waals surface area contributed by atoms with Crippen molar-refractivity contribution in [3.63, 3.8) is 0 Å². The monoisotopic (exact) mass is 257 g/mol. The van der Waals surface area contributed by atoms with Gasteiger partial charge in [0, 0.05) is 6.42 Å². The highest BCUT2D eigenvalue weighted by molar-refractivity contribution is 6.24. The Balaban J connectivity index is 2.03. The zero-order chi connectivity index (χ0) is 13.6. The maximum Gasteiger partial charge on any atom is 0.264 e. The summed E-state index contributed by atoms with van der Waals surface area (Å²) in [5.74, 6) is -0.417. The van der Waals surface area contributed by atoms with Gasteiger partial charge in [0.05, 0.1) is 18.7 Å². The Morgan fingerprint density at radius 3 is 2.42 bits per heavy atom. The van der Waals surface area contributed by atoms with Crippen LogP contribution in [0.3, 0.4) is 0 Å². The Morgan fingerprint density at radius 1 is 1.16 bits per heavy atom. The van der Waals surface area contributed by atoms with Gasteiger partial charge in [0.25, 0.3) is 5.91 Å². The number of azo groups is 1. The van der Waals surface area contributed by atoms with Crippen LogP contribution in [0.2, 0.25) is 0 Å². The minimum absolute atomic E-state index is 0.141. The van der Waals surface area contributed by atoms with E-state index in [0.717, 1.165) is 11.1 Å². The van der Waals surface area contributed by atoms with Crippen LogP contribution >= 0.6 is 0 Å². The third kappa shape index (κ3) is 1.77. The Labute approximate surface area is 111 Å². The molecule has 1 spiro atoms. The molecule has 3 rings (SSSR count). The first-order valence-electron chi connectivity index (χ1n) is 6.36. The molecule has 0 saturated carbocycles. The molecule has 1 fully saturated rings. The zero-order valence-electron chi connectivity index (χ0n) is 11.0. The Morgan fingerprint density at radius 2 is 1.84 bits per heavy atom. The number of hydrogen-bond donors (Lipinski definition) is 0. The molecule has 1 aromatic rings. The number of aryl methyl sites for hydroxylation is 2. The second-order valence-electron chi connectivity index (χ2n) is 5.30. The number of imide groups is 1. The largest absolute Gasteiger partial charge is 0.274 e. The number of carbonyl (C=O) groups excluding carboxylic acids is 2. The molecule has 0 radical (unpaired) electrons. The Kier molecular flexibility index (Phi) is 2.52. The summed E-state index contributed by atoms with van der Waals surface area (Å²) >= 11 is 0. The molecule has 0 aromatic heterocycles. The Bertz CT molecular complexity index is 588. The number of rotatable bonds is 1. The summed E-state index contributed by atoms with van der Waals surface area (Å²) in [7, 11) is 0. The maximum atomic E-state index is 12.5. The molecule has 0 aliphatic carbocycles. The lowest BCUT2D eigenvalue weighted by Gasteiger charge is -2.18. The number of benzene rings is 1. The van der Waals surface area contributed by atoms with E-state index in [2.05, 4.69) is 10.2 Å². The number of hydrogen-bond acceptors (Lipinski definition) is 4. The SMILES string of the molecule is Cc1cc(C)cc(N2C(=O)C[C@@]3(CCN=N3)C2=O)c1. The van der Waals surface area contributed by atoms with Crippen molar-refractivity contribution in [3.8, 4) is 0 Å². The van der Waals surface area contributed by atoms with Gasteiger partial charge < -0.3 is 0 Å². The van der Waals surface area contributed by atoms with Crippen LogP contribution in [-0.2, 0) is 9.59 Å². The molecule has 5 heteroatoms. The first kappa shape index (κ1) is 12.0. The second-order valence-corrected chi connectivity index (χ2v) is 5.30. The van der Waals surface area contributed by atoms with Gasteiger partial charge in [-0.3, -0.25) is 9.59 Å². The van der Waals surface area contributed by atoms with Crippen LogP contribution in [0.15, 0.2) is 28.4 Å². The molecule has 98 valence electrons. The lowest BCUT2D eigenvalue weighted by atomic mass is 9.96. The summed E-state index contributed by atoms with van der Waals surface area (Å²) < 4.78 is 0. The molecule has 0 bridgehead atoms. The summed E-state index contributed by atoms with van der Waals surface area (Å²) in [5.41, 5.74) is 1.79. The van der Waals surface area contributed by atoms with Crippen molar-refractivity contribution in [1.82, 2.24) is 0 Å². The minimum Gasteiger partial charge on any atom is -0.274 e. The summed E-state index contributed by atoms with van der Waals surface area (Å²) in [5, 5.41) is 7.92. The fourth-order valence-electron chi connectivity index (χ4n) is 2.81. The highest BCUT2D eigenvalue weighted by Crippen LogP contribution is 2.38. The van der Waals surface area contributed by atoms with Crippen molar-refractivity contribution in [2.75, 3.05) is 11.4 Å². The standard InChI is InChI=1S/C14H15N3O2/c1-9-5-10(2)7-11(6-9)17-12(18)8-14(13(17)19)3-4-15-16-14/h5-7H,3-4,8H2,1-2H3/t14-/m0/s1. The maximum absolute atomic E-state index is 12.5. The van der Waals surface area contributed by atoms with Gasteiger partial charge in [-0.15, -0.1) is 0 Å². The summed E-state index contributed by atoms with van der Waals surface area (Å²) in [6, 6.07) is 5.72. The Hall–Kier alpha value is -2.04. The van der Waals surface area contributed by atoms with E-state index in [1.54, 1.807) is 0 Å². The highest BCUT2D eigenvalue weighted by atomic mass is 16.2. The van der Waals surface area contributed by atoms with E-state index in [1.165, 1.54) is 4.90 Å². The van der Waals surface area contributed by atoms with Gasteiger partial charge in [-0.05, 0) is 37.1 Å². The van der Waals surface area contributed by atoms with Gasteiger partial charge in [0.15, 0.2) is 5.54 Å². The average Bonchev–Trinajstić information content (AvgIpc) is 2.85. The van der Waals surface area contributed by atoms with E-state index in [1.807, 2.05) is 32.0 Å². The van der Waals surface area contributed by atoms with Gasteiger partial charge >= 0.3 is 0 Å². The topological polar surface area (TPSA) is 62.1 Å². The highest BCUT2D eigenvalue weighted by Gasteiger charge is 2.54. The number of nitrogens with zero attached hydrogens (tertiary/aromatic N) is 3. The van der Waals surface area contributed by atoms with E-state index < -0.39 is 5.54 Å². The molecular weight excluding hydrogens is 242 g/mol. The van der Waals surface area contributed by atoms with E-state index in [9.17, 15) is 9.59 Å². The van der Waals surface area contributed by atoms with E-state index in [-0.39, 0.29) is 18.2 Å². The second kappa shape index (κ2) is 3.98. The van der Waals surface area contributed by atoms with Crippen molar-refractivity contribution >= 4 is 17.5 Å². The van der Waals surface area contributed by atoms with Crippen molar-refractivity contribution in [2.45, 2.75) is 32.2 Å². The van der Waals surface area contributed by atoms with Crippen molar-refractivity contribution in [1.29, 1.82) is 0 Å². The first-order chi connectivity index (χ1) is 9.02. The average molecular weight is 257 g/mol. The summed E-state index contributed by atoms with van der Waals surface area (Å²) in [6.45, 7) is 4.43. The van der Waals surface area contributed by atoms with Crippen LogP contribution in [0.1, 0.15) is 24.0 Å². The van der Waals surface area contributed by atoms with Crippen LogP contribution < -0.4 is 4.90 Å². The smallest absolute Gasteiger partial charge is 0.264 e. The molecule has 1 aromatic carbocycles. The minimum atomic E-state index is -0.922. The predicted octanol–water partition coefficient (Wildman–Crippen LogP) is 2.16. The fourth-order valence-corrected chi connectivity index (χ4v) is 2.81. The summed E-state index contributed by atoms with van der Waals surface area (Å²) in [6.07, 6.45) is 0.682. The lowest BCUT2D eigenvalue weighted by molar-refractivity contribution is -0.122. The molecule has 1 atom stereocenters. The third-order valence-corrected chi connectivity index (χ3v) is 3.65. The lowest BCUT2D eigenvalue weighted by Crippen LogP contribution is -2.38. The van der Waals surface area contributed by atoms with Gasteiger partial charge in [0.1, 0.15) is 0 Å². The van der Waals surface area contributed by atoms with E-state index in [0.29, 0.717) is 18.7 Å².